The van der Waals surface area contributed by atoms with Crippen LogP contribution < -0.4 is 20.1 Å². The number of hydrogen-bond acceptors (Lipinski definition) is 5. The molecule has 1 unspecified atom stereocenters. The van der Waals surface area contributed by atoms with E-state index in [1.165, 1.54) is 0 Å². The lowest BCUT2D eigenvalue weighted by Crippen LogP contribution is -2.44. The second kappa shape index (κ2) is 12.2. The Morgan fingerprint density at radius 2 is 1.92 bits per heavy atom. The van der Waals surface area contributed by atoms with Crippen molar-refractivity contribution < 1.29 is 14.2 Å². The number of ether oxygens (including phenoxy) is 3. The molecule has 148 valence electrons. The van der Waals surface area contributed by atoms with Crippen molar-refractivity contribution in [3.63, 3.8) is 0 Å². The number of rotatable bonds is 7. The topological polar surface area (TPSA) is 67.4 Å². The number of nitrogens with zero attached hydrogens (tertiary/aromatic N) is 2. The molecule has 1 heterocycles. The van der Waals surface area contributed by atoms with Gasteiger partial charge in [0.2, 0.25) is 0 Å². The Bertz CT molecular complexity index is 565. The summed E-state index contributed by atoms with van der Waals surface area (Å²) in [6, 6.07) is 6.10. The molecule has 1 aromatic carbocycles. The van der Waals surface area contributed by atoms with Crippen molar-refractivity contribution in [3.8, 4) is 11.5 Å². The zero-order valence-electron chi connectivity index (χ0n) is 16.1. The third-order valence-electron chi connectivity index (χ3n) is 4.17. The molecule has 0 spiro atoms. The molecule has 7 nitrogen and oxygen atoms in total. The highest BCUT2D eigenvalue weighted by atomic mass is 127. The van der Waals surface area contributed by atoms with Crippen LogP contribution in [0, 0.1) is 0 Å². The Morgan fingerprint density at radius 1 is 1.23 bits per heavy atom. The normalized spacial score (nSPS) is 16.4. The number of hydrogen-bond donors (Lipinski definition) is 2. The molecule has 1 fully saturated rings. The van der Waals surface area contributed by atoms with Gasteiger partial charge in [-0.25, -0.2) is 0 Å². The van der Waals surface area contributed by atoms with E-state index in [0.29, 0.717) is 17.5 Å². The summed E-state index contributed by atoms with van der Waals surface area (Å²) in [7, 11) is 3.26. The molecular weight excluding hydrogens is 447 g/mol. The maximum absolute atomic E-state index is 5.41. The largest absolute Gasteiger partial charge is 0.493 e. The lowest BCUT2D eigenvalue weighted by Gasteiger charge is -2.31. The molecule has 1 aliphatic rings. The number of methoxy groups -OCH3 is 2. The van der Waals surface area contributed by atoms with Crippen molar-refractivity contribution >= 4 is 35.6 Å². The minimum absolute atomic E-state index is 0. The first-order valence-corrected chi connectivity index (χ1v) is 8.77. The first-order valence-electron chi connectivity index (χ1n) is 8.77. The SMILES string of the molecule is CCNC(=NCC(C)N1CCOCC1)Nc1ccc(OC)c(OC)c1.I. The first-order chi connectivity index (χ1) is 12.2. The van der Waals surface area contributed by atoms with Crippen LogP contribution in [0.3, 0.4) is 0 Å². The fraction of sp³-hybridized carbons (Fsp3) is 0.611. The van der Waals surface area contributed by atoms with Crippen LogP contribution in [0.5, 0.6) is 11.5 Å². The molecule has 1 saturated heterocycles. The van der Waals surface area contributed by atoms with Crippen LogP contribution in [0.4, 0.5) is 5.69 Å². The molecule has 1 aliphatic heterocycles. The molecule has 0 radical (unpaired) electrons. The van der Waals surface area contributed by atoms with Crippen molar-refractivity contribution in [3.05, 3.63) is 18.2 Å². The molecule has 2 rings (SSSR count). The summed E-state index contributed by atoms with van der Waals surface area (Å²) in [5.41, 5.74) is 0.899. The highest BCUT2D eigenvalue weighted by Crippen LogP contribution is 2.29. The molecule has 0 aromatic heterocycles. The third-order valence-corrected chi connectivity index (χ3v) is 4.17. The van der Waals surface area contributed by atoms with Crippen molar-refractivity contribution in [1.82, 2.24) is 10.2 Å². The number of nitrogens with one attached hydrogen (secondary N) is 2. The van der Waals surface area contributed by atoms with Gasteiger partial charge in [-0.3, -0.25) is 9.89 Å². The van der Waals surface area contributed by atoms with Gasteiger partial charge in [0.05, 0.1) is 34.0 Å². The van der Waals surface area contributed by atoms with E-state index < -0.39 is 0 Å². The number of benzene rings is 1. The van der Waals surface area contributed by atoms with Gasteiger partial charge >= 0.3 is 0 Å². The van der Waals surface area contributed by atoms with Crippen LogP contribution in [0.15, 0.2) is 23.2 Å². The lowest BCUT2D eigenvalue weighted by molar-refractivity contribution is 0.0220. The van der Waals surface area contributed by atoms with E-state index in [-0.39, 0.29) is 24.0 Å². The zero-order valence-corrected chi connectivity index (χ0v) is 18.4. The smallest absolute Gasteiger partial charge is 0.195 e. The number of guanidine groups is 1. The molecule has 8 heteroatoms. The standard InChI is InChI=1S/C18H30N4O3.HI/c1-5-19-18(20-13-14(2)22-8-10-25-11-9-22)21-15-6-7-16(23-3)17(12-15)24-4;/h6-7,12,14H,5,8-11,13H2,1-4H3,(H2,19,20,21);1H. The van der Waals surface area contributed by atoms with Crippen molar-refractivity contribution in [2.75, 3.05) is 58.9 Å². The lowest BCUT2D eigenvalue weighted by atomic mass is 10.2. The predicted molar refractivity (Wildman–Crippen MR) is 116 cm³/mol. The van der Waals surface area contributed by atoms with Gasteiger partial charge in [0.25, 0.3) is 0 Å². The molecule has 2 N–H and O–H groups in total. The van der Waals surface area contributed by atoms with Crippen molar-refractivity contribution in [2.45, 2.75) is 19.9 Å². The third kappa shape index (κ3) is 6.81. The molecule has 0 saturated carbocycles. The van der Waals surface area contributed by atoms with Gasteiger partial charge in [-0.2, -0.15) is 0 Å². The van der Waals surface area contributed by atoms with Crippen molar-refractivity contribution in [2.24, 2.45) is 4.99 Å². The molecule has 1 atom stereocenters. The summed E-state index contributed by atoms with van der Waals surface area (Å²) in [4.78, 5) is 7.13. The Balaban J connectivity index is 0.00000338. The van der Waals surface area contributed by atoms with Crippen LogP contribution in [0.2, 0.25) is 0 Å². The molecule has 0 amide bonds. The summed E-state index contributed by atoms with van der Waals surface area (Å²) in [6.45, 7) is 9.32. The zero-order chi connectivity index (χ0) is 18.1. The summed E-state index contributed by atoms with van der Waals surface area (Å²) in [5.74, 6) is 2.15. The number of aliphatic imine (C=N–C) groups is 1. The van der Waals surface area contributed by atoms with Gasteiger partial charge in [0.15, 0.2) is 17.5 Å². The van der Waals surface area contributed by atoms with Gasteiger partial charge in [-0.1, -0.05) is 0 Å². The average molecular weight is 478 g/mol. The quantitative estimate of drug-likeness (QED) is 0.357. The summed E-state index contributed by atoms with van der Waals surface area (Å²) in [5, 5.41) is 6.60. The number of halogens is 1. The van der Waals surface area contributed by atoms with Crippen molar-refractivity contribution in [1.29, 1.82) is 0 Å². The predicted octanol–water partition coefficient (Wildman–Crippen LogP) is 2.42. The number of anilines is 1. The Morgan fingerprint density at radius 3 is 2.54 bits per heavy atom. The second-order valence-electron chi connectivity index (χ2n) is 5.91. The van der Waals surface area contributed by atoms with Crippen LogP contribution >= 0.6 is 24.0 Å². The molecule has 26 heavy (non-hydrogen) atoms. The van der Waals surface area contributed by atoms with E-state index in [4.69, 9.17) is 19.2 Å². The minimum Gasteiger partial charge on any atom is -0.493 e. The Labute approximate surface area is 173 Å². The summed E-state index contributed by atoms with van der Waals surface area (Å²) >= 11 is 0. The van der Waals surface area contributed by atoms with E-state index in [9.17, 15) is 0 Å². The van der Waals surface area contributed by atoms with Gasteiger partial charge in [-0.15, -0.1) is 24.0 Å². The average Bonchev–Trinajstić information content (AvgIpc) is 2.66. The Kier molecular flexibility index (Phi) is 10.7. The van der Waals surface area contributed by atoms with Gasteiger partial charge in [-0.05, 0) is 26.0 Å². The van der Waals surface area contributed by atoms with Crippen LogP contribution in [-0.4, -0.2) is 70.5 Å². The Hall–Kier alpha value is -1.26. The summed E-state index contributed by atoms with van der Waals surface area (Å²) in [6.07, 6.45) is 0. The minimum atomic E-state index is 0. The highest BCUT2D eigenvalue weighted by molar-refractivity contribution is 14.0. The maximum Gasteiger partial charge on any atom is 0.195 e. The highest BCUT2D eigenvalue weighted by Gasteiger charge is 2.16. The van der Waals surface area contributed by atoms with Crippen LogP contribution in [0.1, 0.15) is 13.8 Å². The van der Waals surface area contributed by atoms with E-state index in [2.05, 4.69) is 29.4 Å². The molecular formula is C18H31IN4O3. The fourth-order valence-electron chi connectivity index (χ4n) is 2.71. The van der Waals surface area contributed by atoms with E-state index >= 15 is 0 Å². The van der Waals surface area contributed by atoms with E-state index in [1.54, 1.807) is 14.2 Å². The first kappa shape index (κ1) is 22.8. The molecule has 0 aliphatic carbocycles. The molecule has 1 aromatic rings. The molecule has 0 bridgehead atoms. The monoisotopic (exact) mass is 478 g/mol. The number of morpholine rings is 1. The second-order valence-corrected chi connectivity index (χ2v) is 5.91. The van der Waals surface area contributed by atoms with Crippen LogP contribution in [-0.2, 0) is 4.74 Å². The van der Waals surface area contributed by atoms with Gasteiger partial charge < -0.3 is 24.8 Å². The van der Waals surface area contributed by atoms with Gasteiger partial charge in [0.1, 0.15) is 0 Å². The van der Waals surface area contributed by atoms with E-state index in [0.717, 1.165) is 51.0 Å². The maximum atomic E-state index is 5.41. The van der Waals surface area contributed by atoms with Gasteiger partial charge in [0, 0.05) is 37.4 Å². The van der Waals surface area contributed by atoms with E-state index in [1.807, 2.05) is 18.2 Å². The fourth-order valence-corrected chi connectivity index (χ4v) is 2.71. The summed E-state index contributed by atoms with van der Waals surface area (Å²) < 4.78 is 16.0. The van der Waals surface area contributed by atoms with Crippen LogP contribution in [0.25, 0.3) is 0 Å².